The highest BCUT2D eigenvalue weighted by molar-refractivity contribution is 7.92. The van der Waals surface area contributed by atoms with Gasteiger partial charge in [-0.05, 0) is 67.2 Å². The van der Waals surface area contributed by atoms with E-state index in [4.69, 9.17) is 11.6 Å². The molecular formula is C22H21ClN2O4S. The van der Waals surface area contributed by atoms with Gasteiger partial charge in [0.2, 0.25) is 0 Å². The first-order chi connectivity index (χ1) is 14.2. The van der Waals surface area contributed by atoms with Crippen molar-refractivity contribution in [2.75, 3.05) is 18.8 Å². The molecule has 0 spiro atoms. The zero-order chi connectivity index (χ0) is 21.9. The van der Waals surface area contributed by atoms with Crippen LogP contribution in [0.2, 0.25) is 5.02 Å². The Morgan fingerprint density at radius 3 is 2.33 bits per heavy atom. The van der Waals surface area contributed by atoms with Gasteiger partial charge < -0.3 is 10.0 Å². The fraction of sp³-hybridized carbons (Fsp3) is 0.136. The van der Waals surface area contributed by atoms with Crippen LogP contribution in [0.1, 0.15) is 15.9 Å². The van der Waals surface area contributed by atoms with Gasteiger partial charge in [-0.25, -0.2) is 13.2 Å². The summed E-state index contributed by atoms with van der Waals surface area (Å²) in [4.78, 5) is 13.5. The molecule has 0 heterocycles. The normalized spacial score (nSPS) is 11.5. The van der Waals surface area contributed by atoms with Crippen LogP contribution in [-0.4, -0.2) is 38.5 Å². The highest BCUT2D eigenvalue weighted by Crippen LogP contribution is 2.26. The molecule has 0 fully saturated rings. The first-order valence-corrected chi connectivity index (χ1v) is 10.9. The van der Waals surface area contributed by atoms with Gasteiger partial charge in [-0.1, -0.05) is 41.9 Å². The van der Waals surface area contributed by atoms with E-state index in [0.29, 0.717) is 0 Å². The molecule has 0 aliphatic rings. The molecular weight excluding hydrogens is 424 g/mol. The van der Waals surface area contributed by atoms with E-state index in [0.717, 1.165) is 23.2 Å². The number of hydrogen-bond donors (Lipinski definition) is 2. The Bertz CT molecular complexity index is 1180. The summed E-state index contributed by atoms with van der Waals surface area (Å²) in [5.74, 6) is -1.27. The molecule has 0 aliphatic carbocycles. The van der Waals surface area contributed by atoms with Crippen LogP contribution < -0.4 is 4.72 Å². The molecule has 3 aromatic carbocycles. The van der Waals surface area contributed by atoms with Gasteiger partial charge in [0.05, 0.1) is 16.1 Å². The van der Waals surface area contributed by atoms with Gasteiger partial charge in [0.15, 0.2) is 0 Å². The Balaban J connectivity index is 1.87. The number of carbonyl (C=O) groups is 1. The largest absolute Gasteiger partial charge is 0.478 e. The van der Waals surface area contributed by atoms with E-state index >= 15 is 0 Å². The van der Waals surface area contributed by atoms with Gasteiger partial charge in [-0.3, -0.25) is 4.72 Å². The number of carboxylic acids is 1. The lowest BCUT2D eigenvalue weighted by Gasteiger charge is -2.12. The van der Waals surface area contributed by atoms with Crippen molar-refractivity contribution in [3.63, 3.8) is 0 Å². The van der Waals surface area contributed by atoms with Gasteiger partial charge in [-0.2, -0.15) is 0 Å². The molecule has 0 aliphatic heterocycles. The number of anilines is 1. The van der Waals surface area contributed by atoms with Crippen molar-refractivity contribution in [3.8, 4) is 11.1 Å². The van der Waals surface area contributed by atoms with Crippen LogP contribution in [0.15, 0.2) is 71.6 Å². The average molecular weight is 445 g/mol. The maximum atomic E-state index is 12.7. The highest BCUT2D eigenvalue weighted by atomic mass is 35.5. The van der Waals surface area contributed by atoms with Crippen LogP contribution in [0, 0.1) is 0 Å². The van der Waals surface area contributed by atoms with Crippen LogP contribution >= 0.6 is 11.6 Å². The standard InChI is InChI=1S/C22H21ClN2O4S/c1-25(2)14-15-4-3-5-17(12-15)16-6-9-19(10-7-16)30(28,29)24-21-11-8-18(23)13-20(21)22(26)27/h3-13,24H,14H2,1-2H3,(H,26,27). The number of aromatic carboxylic acids is 1. The number of benzene rings is 3. The molecule has 0 amide bonds. The second-order valence-corrected chi connectivity index (χ2v) is 9.18. The lowest BCUT2D eigenvalue weighted by molar-refractivity contribution is 0.0698. The monoisotopic (exact) mass is 444 g/mol. The van der Waals surface area contributed by atoms with Crippen molar-refractivity contribution in [2.45, 2.75) is 11.4 Å². The predicted octanol–water partition coefficient (Wildman–Crippen LogP) is 4.57. The molecule has 0 atom stereocenters. The topological polar surface area (TPSA) is 86.7 Å². The molecule has 30 heavy (non-hydrogen) atoms. The molecule has 0 radical (unpaired) electrons. The zero-order valence-corrected chi connectivity index (χ0v) is 18.0. The maximum Gasteiger partial charge on any atom is 0.337 e. The van der Waals surface area contributed by atoms with E-state index in [1.807, 2.05) is 32.3 Å². The zero-order valence-electron chi connectivity index (χ0n) is 16.5. The van der Waals surface area contributed by atoms with Crippen molar-refractivity contribution < 1.29 is 18.3 Å². The molecule has 8 heteroatoms. The molecule has 0 unspecified atom stereocenters. The Morgan fingerprint density at radius 2 is 1.70 bits per heavy atom. The van der Waals surface area contributed by atoms with E-state index in [1.54, 1.807) is 12.1 Å². The number of nitrogens with one attached hydrogen (secondary N) is 1. The molecule has 3 rings (SSSR count). The number of halogens is 1. The average Bonchev–Trinajstić information content (AvgIpc) is 2.69. The summed E-state index contributed by atoms with van der Waals surface area (Å²) < 4.78 is 27.8. The van der Waals surface area contributed by atoms with Crippen LogP contribution in [0.4, 0.5) is 5.69 Å². The van der Waals surface area contributed by atoms with Crippen LogP contribution in [0.3, 0.4) is 0 Å². The van der Waals surface area contributed by atoms with Crippen molar-refractivity contribution in [1.82, 2.24) is 4.90 Å². The number of nitrogens with zero attached hydrogens (tertiary/aromatic N) is 1. The summed E-state index contributed by atoms with van der Waals surface area (Å²) in [5.41, 5.74) is 2.75. The Hall–Kier alpha value is -2.87. The quantitative estimate of drug-likeness (QED) is 0.557. The Morgan fingerprint density at radius 1 is 1.00 bits per heavy atom. The maximum absolute atomic E-state index is 12.7. The van der Waals surface area contributed by atoms with Crippen LogP contribution in [0.25, 0.3) is 11.1 Å². The Kier molecular flexibility index (Phi) is 6.45. The lowest BCUT2D eigenvalue weighted by atomic mass is 10.0. The van der Waals surface area contributed by atoms with Gasteiger partial charge in [-0.15, -0.1) is 0 Å². The van der Waals surface area contributed by atoms with Crippen molar-refractivity contribution >= 4 is 33.3 Å². The fourth-order valence-corrected chi connectivity index (χ4v) is 4.28. The van der Waals surface area contributed by atoms with Gasteiger partial charge in [0.25, 0.3) is 10.0 Å². The van der Waals surface area contributed by atoms with Gasteiger partial charge >= 0.3 is 5.97 Å². The second kappa shape index (κ2) is 8.87. The molecule has 0 saturated carbocycles. The van der Waals surface area contributed by atoms with Gasteiger partial charge in [0, 0.05) is 11.6 Å². The number of hydrogen-bond acceptors (Lipinski definition) is 4. The van der Waals surface area contributed by atoms with Crippen LogP contribution in [0.5, 0.6) is 0 Å². The third kappa shape index (κ3) is 5.18. The minimum Gasteiger partial charge on any atom is -0.478 e. The number of rotatable bonds is 7. The lowest BCUT2D eigenvalue weighted by Crippen LogP contribution is -2.15. The van der Waals surface area contributed by atoms with E-state index in [2.05, 4.69) is 15.7 Å². The summed E-state index contributed by atoms with van der Waals surface area (Å²) >= 11 is 5.82. The predicted molar refractivity (Wildman–Crippen MR) is 118 cm³/mol. The summed E-state index contributed by atoms with van der Waals surface area (Å²) in [5, 5.41) is 9.51. The Labute approximate surface area is 180 Å². The summed E-state index contributed by atoms with van der Waals surface area (Å²) in [6, 6.07) is 18.4. The molecule has 3 aromatic rings. The molecule has 0 bridgehead atoms. The molecule has 156 valence electrons. The van der Waals surface area contributed by atoms with Gasteiger partial charge in [0.1, 0.15) is 0 Å². The third-order valence-electron chi connectivity index (χ3n) is 4.38. The van der Waals surface area contributed by atoms with Crippen molar-refractivity contribution in [1.29, 1.82) is 0 Å². The third-order valence-corrected chi connectivity index (χ3v) is 6.00. The van der Waals surface area contributed by atoms with Crippen molar-refractivity contribution in [3.05, 3.63) is 82.9 Å². The molecule has 6 nitrogen and oxygen atoms in total. The van der Waals surface area contributed by atoms with E-state index in [1.165, 1.54) is 30.3 Å². The van der Waals surface area contributed by atoms with E-state index < -0.39 is 16.0 Å². The highest BCUT2D eigenvalue weighted by Gasteiger charge is 2.19. The SMILES string of the molecule is CN(C)Cc1cccc(-c2ccc(S(=O)(=O)Nc3ccc(Cl)cc3C(=O)O)cc2)c1. The summed E-state index contributed by atoms with van der Waals surface area (Å²) in [7, 11) is 0.0233. The number of carboxylic acid groups (broad SMARTS) is 1. The molecule has 0 aromatic heterocycles. The molecule has 0 saturated heterocycles. The summed E-state index contributed by atoms with van der Waals surface area (Å²) in [6.07, 6.45) is 0. The number of sulfonamides is 1. The second-order valence-electron chi connectivity index (χ2n) is 7.06. The first-order valence-electron chi connectivity index (χ1n) is 9.05. The molecule has 2 N–H and O–H groups in total. The van der Waals surface area contributed by atoms with Crippen molar-refractivity contribution in [2.24, 2.45) is 0 Å². The van der Waals surface area contributed by atoms with Crippen LogP contribution in [-0.2, 0) is 16.6 Å². The minimum atomic E-state index is -3.97. The van der Waals surface area contributed by atoms with E-state index in [9.17, 15) is 18.3 Å². The smallest absolute Gasteiger partial charge is 0.337 e. The summed E-state index contributed by atoms with van der Waals surface area (Å²) in [6.45, 7) is 0.803. The minimum absolute atomic E-state index is 0.0296. The van der Waals surface area contributed by atoms with E-state index in [-0.39, 0.29) is 21.2 Å². The fourth-order valence-electron chi connectivity index (χ4n) is 3.03. The first kappa shape index (κ1) is 21.8.